The summed E-state index contributed by atoms with van der Waals surface area (Å²) in [6, 6.07) is 1.99. The average Bonchev–Trinajstić information content (AvgIpc) is 3.18. The van der Waals surface area contributed by atoms with E-state index in [1.165, 1.54) is 0 Å². The van der Waals surface area contributed by atoms with Gasteiger partial charge in [0, 0.05) is 24.6 Å². The molecule has 148 valence electrons. The van der Waals surface area contributed by atoms with Crippen LogP contribution in [-0.4, -0.2) is 34.8 Å². The number of oxazole rings is 1. The third-order valence-corrected chi connectivity index (χ3v) is 6.51. The van der Waals surface area contributed by atoms with E-state index in [1.807, 2.05) is 26.1 Å². The predicted octanol–water partition coefficient (Wildman–Crippen LogP) is 1.50. The number of hydrazine groups is 1. The van der Waals surface area contributed by atoms with Gasteiger partial charge in [-0.2, -0.15) is 0 Å². The molecule has 2 saturated heterocycles. The molecule has 4 heterocycles. The van der Waals surface area contributed by atoms with Crippen LogP contribution < -0.4 is 21.1 Å². The number of aromatic nitrogens is 2. The smallest absolute Gasteiger partial charge is 0.229 e. The summed E-state index contributed by atoms with van der Waals surface area (Å²) < 4.78 is 5.88. The maximum Gasteiger partial charge on any atom is 0.229 e. The summed E-state index contributed by atoms with van der Waals surface area (Å²) in [6.45, 7) is 6.58. The van der Waals surface area contributed by atoms with E-state index in [1.54, 1.807) is 6.20 Å². The summed E-state index contributed by atoms with van der Waals surface area (Å²) >= 11 is 0. The Morgan fingerprint density at radius 3 is 2.75 bits per heavy atom. The highest BCUT2D eigenvalue weighted by Crippen LogP contribution is 2.45. The molecule has 5 rings (SSSR count). The van der Waals surface area contributed by atoms with Crippen LogP contribution in [0.4, 0.5) is 5.69 Å². The van der Waals surface area contributed by atoms with Crippen LogP contribution in [0.25, 0.3) is 0 Å². The normalized spacial score (nSPS) is 32.0. The Balaban J connectivity index is 1.38. The zero-order valence-corrected chi connectivity index (χ0v) is 16.4. The van der Waals surface area contributed by atoms with Crippen LogP contribution in [0.1, 0.15) is 41.7 Å². The quantitative estimate of drug-likeness (QED) is 0.740. The molecule has 3 N–H and O–H groups in total. The molecule has 1 aliphatic carbocycles. The fourth-order valence-electron chi connectivity index (χ4n) is 4.56. The number of amides is 1. The van der Waals surface area contributed by atoms with Crippen LogP contribution in [0.2, 0.25) is 0 Å². The molecular weight excluding hydrogens is 356 g/mol. The Hall–Kier alpha value is -2.45. The molecule has 8 heteroatoms. The van der Waals surface area contributed by atoms with E-state index < -0.39 is 0 Å². The first-order chi connectivity index (χ1) is 13.5. The van der Waals surface area contributed by atoms with Crippen LogP contribution in [0.5, 0.6) is 0 Å². The maximum absolute atomic E-state index is 12.8. The highest BCUT2D eigenvalue weighted by atomic mass is 16.4. The Morgan fingerprint density at radius 1 is 1.21 bits per heavy atom. The monoisotopic (exact) mass is 382 g/mol. The van der Waals surface area contributed by atoms with Gasteiger partial charge in [0.2, 0.25) is 5.91 Å². The molecule has 0 radical (unpaired) electrons. The third-order valence-electron chi connectivity index (χ3n) is 6.51. The highest BCUT2D eigenvalue weighted by Gasteiger charge is 2.50. The van der Waals surface area contributed by atoms with E-state index in [0.717, 1.165) is 41.4 Å². The van der Waals surface area contributed by atoms with Crippen molar-refractivity contribution in [2.75, 3.05) is 11.6 Å². The number of rotatable bonds is 3. The lowest BCUT2D eigenvalue weighted by molar-refractivity contribution is -0.129. The van der Waals surface area contributed by atoms with E-state index in [0.29, 0.717) is 6.54 Å². The SMILES string of the molecule is Cc1ccncc1N1NCC2C(=O)NC([C@H]3CC[C@@H]3c3nc(C)c(C)o3)NC21. The van der Waals surface area contributed by atoms with Crippen LogP contribution in [0, 0.1) is 32.6 Å². The van der Waals surface area contributed by atoms with Crippen molar-refractivity contribution in [3.8, 4) is 0 Å². The van der Waals surface area contributed by atoms with Gasteiger partial charge in [-0.3, -0.25) is 20.1 Å². The fraction of sp³-hybridized carbons (Fsp3) is 0.550. The minimum absolute atomic E-state index is 0.0932. The van der Waals surface area contributed by atoms with E-state index in [2.05, 4.69) is 38.0 Å². The van der Waals surface area contributed by atoms with Crippen LogP contribution >= 0.6 is 0 Å². The first-order valence-electron chi connectivity index (χ1n) is 9.96. The molecule has 3 aliphatic rings. The summed E-state index contributed by atoms with van der Waals surface area (Å²) in [5.41, 5.74) is 6.44. The minimum Gasteiger partial charge on any atom is -0.445 e. The lowest BCUT2D eigenvalue weighted by Crippen LogP contribution is -2.67. The number of pyridine rings is 1. The fourth-order valence-corrected chi connectivity index (χ4v) is 4.56. The molecule has 2 aromatic heterocycles. The lowest BCUT2D eigenvalue weighted by Gasteiger charge is -2.46. The third kappa shape index (κ3) is 2.70. The van der Waals surface area contributed by atoms with Gasteiger partial charge in [-0.1, -0.05) is 0 Å². The molecule has 3 unspecified atom stereocenters. The number of nitrogens with one attached hydrogen (secondary N) is 3. The molecule has 8 nitrogen and oxygen atoms in total. The molecule has 2 aliphatic heterocycles. The van der Waals surface area contributed by atoms with Crippen molar-refractivity contribution < 1.29 is 9.21 Å². The maximum atomic E-state index is 12.8. The summed E-state index contributed by atoms with van der Waals surface area (Å²) in [5, 5.41) is 8.94. The number of carbonyl (C=O) groups excluding carboxylic acids is 1. The number of fused-ring (bicyclic) bond motifs is 1. The van der Waals surface area contributed by atoms with Gasteiger partial charge in [-0.25, -0.2) is 10.4 Å². The van der Waals surface area contributed by atoms with Crippen molar-refractivity contribution in [3.05, 3.63) is 41.4 Å². The zero-order chi connectivity index (χ0) is 19.4. The number of hydrogen-bond acceptors (Lipinski definition) is 7. The summed E-state index contributed by atoms with van der Waals surface area (Å²) in [6.07, 6.45) is 5.51. The van der Waals surface area contributed by atoms with Crippen LogP contribution in [0.15, 0.2) is 22.9 Å². The zero-order valence-electron chi connectivity index (χ0n) is 16.4. The summed E-state index contributed by atoms with van der Waals surface area (Å²) in [5.74, 6) is 2.15. The van der Waals surface area contributed by atoms with Crippen molar-refractivity contribution >= 4 is 11.6 Å². The van der Waals surface area contributed by atoms with Gasteiger partial charge in [-0.05, 0) is 45.2 Å². The largest absolute Gasteiger partial charge is 0.445 e. The average molecular weight is 382 g/mol. The van der Waals surface area contributed by atoms with Crippen molar-refractivity contribution in [2.24, 2.45) is 11.8 Å². The van der Waals surface area contributed by atoms with Crippen LogP contribution in [-0.2, 0) is 4.79 Å². The minimum atomic E-state index is -0.138. The molecular formula is C20H26N6O2. The molecule has 1 amide bonds. The van der Waals surface area contributed by atoms with Crippen molar-refractivity contribution in [1.29, 1.82) is 0 Å². The molecule has 2 aromatic rings. The second-order valence-electron chi connectivity index (χ2n) is 8.14. The molecule has 1 saturated carbocycles. The van der Waals surface area contributed by atoms with E-state index in [9.17, 15) is 4.79 Å². The van der Waals surface area contributed by atoms with Crippen molar-refractivity contribution in [1.82, 2.24) is 26.0 Å². The summed E-state index contributed by atoms with van der Waals surface area (Å²) in [4.78, 5) is 21.7. The van der Waals surface area contributed by atoms with Gasteiger partial charge in [0.05, 0.1) is 29.7 Å². The molecule has 28 heavy (non-hydrogen) atoms. The predicted molar refractivity (Wildman–Crippen MR) is 103 cm³/mol. The Bertz CT molecular complexity index is 892. The Labute approximate surface area is 164 Å². The second kappa shape index (κ2) is 6.56. The topological polar surface area (TPSA) is 95.3 Å². The molecule has 0 spiro atoms. The first kappa shape index (κ1) is 17.6. The Kier molecular flexibility index (Phi) is 4.13. The lowest BCUT2D eigenvalue weighted by atomic mass is 9.71. The van der Waals surface area contributed by atoms with Gasteiger partial charge in [-0.15, -0.1) is 0 Å². The number of aryl methyl sites for hydroxylation is 3. The number of carbonyl (C=O) groups is 1. The number of anilines is 1. The van der Waals surface area contributed by atoms with Gasteiger partial charge >= 0.3 is 0 Å². The van der Waals surface area contributed by atoms with Crippen molar-refractivity contribution in [3.63, 3.8) is 0 Å². The molecule has 0 aromatic carbocycles. The molecule has 3 fully saturated rings. The standard InChI is InChI=1S/C20H26N6O2/c1-10-6-7-21-9-16(10)26-18-15(8-22-26)19(27)25-17(24-18)13-4-5-14(13)20-23-11(2)12(3)28-20/h6-7,9,13-15,17-18,22,24H,4-5,8H2,1-3H3,(H,25,27)/t13-,14-,15?,17?,18?/m0/s1. The highest BCUT2D eigenvalue weighted by molar-refractivity contribution is 5.82. The first-order valence-corrected chi connectivity index (χ1v) is 9.96. The van der Waals surface area contributed by atoms with Gasteiger partial charge in [0.1, 0.15) is 11.9 Å². The molecule has 5 atom stereocenters. The van der Waals surface area contributed by atoms with Crippen molar-refractivity contribution in [2.45, 2.75) is 51.9 Å². The van der Waals surface area contributed by atoms with Gasteiger partial charge in [0.25, 0.3) is 0 Å². The van der Waals surface area contributed by atoms with Crippen LogP contribution in [0.3, 0.4) is 0 Å². The number of hydrogen-bond donors (Lipinski definition) is 3. The van der Waals surface area contributed by atoms with E-state index >= 15 is 0 Å². The van der Waals surface area contributed by atoms with Gasteiger partial charge < -0.3 is 9.73 Å². The molecule has 0 bridgehead atoms. The summed E-state index contributed by atoms with van der Waals surface area (Å²) in [7, 11) is 0. The van der Waals surface area contributed by atoms with E-state index in [4.69, 9.17) is 4.42 Å². The van der Waals surface area contributed by atoms with Gasteiger partial charge in [0.15, 0.2) is 5.89 Å². The second-order valence-corrected chi connectivity index (χ2v) is 8.14. The van der Waals surface area contributed by atoms with E-state index in [-0.39, 0.29) is 36.0 Å². The Morgan fingerprint density at radius 2 is 2.07 bits per heavy atom. The number of nitrogens with zero attached hydrogens (tertiary/aromatic N) is 3.